The SMILES string of the molecule is CCOc1ccc(S(=O)(=O)N2CCC(C(=O)NCCCNc3ccccc3)CC2)cc1. The fraction of sp³-hybridized carbons (Fsp3) is 0.435. The number of amides is 1. The standard InChI is InChI=1S/C23H31N3O4S/c1-2-30-21-9-11-22(12-10-21)31(28,29)26-17-13-19(14-18-26)23(27)25-16-6-15-24-20-7-4-3-5-8-20/h3-5,7-12,19,24H,2,6,13-18H2,1H3,(H,25,27). The van der Waals surface area contributed by atoms with Crippen molar-refractivity contribution in [3.05, 3.63) is 54.6 Å². The van der Waals surface area contributed by atoms with Gasteiger partial charge in [-0.3, -0.25) is 4.79 Å². The van der Waals surface area contributed by atoms with Crippen LogP contribution in [0.25, 0.3) is 0 Å². The molecule has 2 aromatic carbocycles. The number of hydrogen-bond donors (Lipinski definition) is 2. The molecule has 2 aromatic rings. The van der Waals surface area contributed by atoms with E-state index in [0.717, 1.165) is 18.7 Å². The monoisotopic (exact) mass is 445 g/mol. The van der Waals surface area contributed by atoms with Crippen molar-refractivity contribution < 1.29 is 17.9 Å². The molecule has 1 heterocycles. The molecule has 31 heavy (non-hydrogen) atoms. The first-order chi connectivity index (χ1) is 15.0. The van der Waals surface area contributed by atoms with E-state index in [0.29, 0.717) is 44.8 Å². The summed E-state index contributed by atoms with van der Waals surface area (Å²) < 4.78 is 32.6. The van der Waals surface area contributed by atoms with Crippen LogP contribution in [0.3, 0.4) is 0 Å². The van der Waals surface area contributed by atoms with Crippen LogP contribution in [0.5, 0.6) is 5.75 Å². The second kappa shape index (κ2) is 11.2. The number of nitrogens with zero attached hydrogens (tertiary/aromatic N) is 1. The van der Waals surface area contributed by atoms with E-state index >= 15 is 0 Å². The van der Waals surface area contributed by atoms with E-state index in [4.69, 9.17) is 4.74 Å². The van der Waals surface area contributed by atoms with Gasteiger partial charge in [0, 0.05) is 37.8 Å². The molecule has 0 saturated carbocycles. The average molecular weight is 446 g/mol. The van der Waals surface area contributed by atoms with Gasteiger partial charge in [0.25, 0.3) is 0 Å². The van der Waals surface area contributed by atoms with Crippen LogP contribution in [0.2, 0.25) is 0 Å². The number of carbonyl (C=O) groups is 1. The van der Waals surface area contributed by atoms with Gasteiger partial charge in [-0.25, -0.2) is 8.42 Å². The summed E-state index contributed by atoms with van der Waals surface area (Å²) in [5.74, 6) is 0.516. The normalized spacial score (nSPS) is 15.4. The van der Waals surface area contributed by atoms with E-state index < -0.39 is 10.0 Å². The second-order valence-corrected chi connectivity index (χ2v) is 9.46. The summed E-state index contributed by atoms with van der Waals surface area (Å²) in [6.45, 7) is 4.50. The van der Waals surface area contributed by atoms with Crippen LogP contribution in [0.15, 0.2) is 59.5 Å². The van der Waals surface area contributed by atoms with Gasteiger partial charge in [0.15, 0.2) is 0 Å². The first-order valence-electron chi connectivity index (χ1n) is 10.8. The molecular weight excluding hydrogens is 414 g/mol. The lowest BCUT2D eigenvalue weighted by molar-refractivity contribution is -0.126. The lowest BCUT2D eigenvalue weighted by Crippen LogP contribution is -2.43. The summed E-state index contributed by atoms with van der Waals surface area (Å²) >= 11 is 0. The summed E-state index contributed by atoms with van der Waals surface area (Å²) in [7, 11) is -3.56. The maximum absolute atomic E-state index is 12.9. The molecule has 2 N–H and O–H groups in total. The van der Waals surface area contributed by atoms with Gasteiger partial charge in [0.05, 0.1) is 11.5 Å². The molecule has 1 amide bonds. The Hall–Kier alpha value is -2.58. The molecule has 1 aliphatic rings. The maximum Gasteiger partial charge on any atom is 0.243 e. The third-order valence-electron chi connectivity index (χ3n) is 5.35. The fourth-order valence-electron chi connectivity index (χ4n) is 3.61. The number of piperidine rings is 1. The van der Waals surface area contributed by atoms with Gasteiger partial charge in [-0.1, -0.05) is 18.2 Å². The van der Waals surface area contributed by atoms with Gasteiger partial charge in [-0.2, -0.15) is 4.31 Å². The highest BCUT2D eigenvalue weighted by molar-refractivity contribution is 7.89. The molecule has 1 fully saturated rings. The summed E-state index contributed by atoms with van der Waals surface area (Å²) in [6, 6.07) is 16.4. The molecule has 0 atom stereocenters. The molecule has 0 unspecified atom stereocenters. The molecule has 0 radical (unpaired) electrons. The first-order valence-corrected chi connectivity index (χ1v) is 12.2. The van der Waals surface area contributed by atoms with Gasteiger partial charge in [0.1, 0.15) is 5.75 Å². The number of hydrogen-bond acceptors (Lipinski definition) is 5. The zero-order valence-electron chi connectivity index (χ0n) is 17.9. The van der Waals surface area contributed by atoms with Gasteiger partial charge >= 0.3 is 0 Å². The average Bonchev–Trinajstić information content (AvgIpc) is 2.80. The molecular formula is C23H31N3O4S. The largest absolute Gasteiger partial charge is 0.494 e. The van der Waals surface area contributed by atoms with E-state index in [1.165, 1.54) is 4.31 Å². The zero-order chi connectivity index (χ0) is 22.1. The highest BCUT2D eigenvalue weighted by Crippen LogP contribution is 2.25. The Labute approximate surface area is 184 Å². The quantitative estimate of drug-likeness (QED) is 0.549. The Morgan fingerprint density at radius 2 is 1.71 bits per heavy atom. The predicted octanol–water partition coefficient (Wildman–Crippen LogP) is 3.10. The van der Waals surface area contributed by atoms with Gasteiger partial charge in [-0.05, 0) is 62.6 Å². The Morgan fingerprint density at radius 3 is 2.35 bits per heavy atom. The molecule has 0 bridgehead atoms. The van der Waals surface area contributed by atoms with Crippen molar-refractivity contribution in [2.75, 3.05) is 38.1 Å². The summed E-state index contributed by atoms with van der Waals surface area (Å²) in [5.41, 5.74) is 1.06. The lowest BCUT2D eigenvalue weighted by Gasteiger charge is -2.30. The van der Waals surface area contributed by atoms with Crippen molar-refractivity contribution in [2.24, 2.45) is 5.92 Å². The minimum Gasteiger partial charge on any atom is -0.494 e. The van der Waals surface area contributed by atoms with Crippen LogP contribution in [0, 0.1) is 5.92 Å². The van der Waals surface area contributed by atoms with E-state index in [2.05, 4.69) is 10.6 Å². The van der Waals surface area contributed by atoms with Gasteiger partial charge in [-0.15, -0.1) is 0 Å². The molecule has 0 spiro atoms. The summed E-state index contributed by atoms with van der Waals surface area (Å²) in [6.07, 6.45) is 1.89. The minimum atomic E-state index is -3.56. The van der Waals surface area contributed by atoms with Crippen LogP contribution < -0.4 is 15.4 Å². The molecule has 1 saturated heterocycles. The number of nitrogens with one attached hydrogen (secondary N) is 2. The Morgan fingerprint density at radius 1 is 1.03 bits per heavy atom. The second-order valence-electron chi connectivity index (χ2n) is 7.52. The number of anilines is 1. The molecule has 7 nitrogen and oxygen atoms in total. The van der Waals surface area contributed by atoms with Gasteiger partial charge < -0.3 is 15.4 Å². The molecule has 8 heteroatoms. The molecule has 1 aliphatic heterocycles. The van der Waals surface area contributed by atoms with E-state index in [1.54, 1.807) is 24.3 Å². The number of benzene rings is 2. The predicted molar refractivity (Wildman–Crippen MR) is 122 cm³/mol. The van der Waals surface area contributed by atoms with Crippen molar-refractivity contribution in [1.29, 1.82) is 0 Å². The molecule has 168 valence electrons. The number of rotatable bonds is 10. The van der Waals surface area contributed by atoms with E-state index in [-0.39, 0.29) is 16.7 Å². The topological polar surface area (TPSA) is 87.7 Å². The first kappa shape index (κ1) is 23.1. The van der Waals surface area contributed by atoms with Crippen LogP contribution in [0.1, 0.15) is 26.2 Å². The Bertz CT molecular complexity index is 925. The number of carbonyl (C=O) groups excluding carboxylic acids is 1. The minimum absolute atomic E-state index is 0.0119. The highest BCUT2D eigenvalue weighted by Gasteiger charge is 2.31. The Kier molecular flexibility index (Phi) is 8.31. The van der Waals surface area contributed by atoms with Gasteiger partial charge in [0.2, 0.25) is 15.9 Å². The molecule has 0 aromatic heterocycles. The zero-order valence-corrected chi connectivity index (χ0v) is 18.7. The third-order valence-corrected chi connectivity index (χ3v) is 7.27. The van der Waals surface area contributed by atoms with Crippen molar-refractivity contribution in [3.63, 3.8) is 0 Å². The maximum atomic E-state index is 12.9. The van der Waals surface area contributed by atoms with Crippen LogP contribution in [-0.4, -0.2) is 51.4 Å². The number of ether oxygens (including phenoxy) is 1. The molecule has 3 rings (SSSR count). The van der Waals surface area contributed by atoms with Crippen LogP contribution in [0.4, 0.5) is 5.69 Å². The van der Waals surface area contributed by atoms with Crippen molar-refractivity contribution in [2.45, 2.75) is 31.1 Å². The van der Waals surface area contributed by atoms with Crippen LogP contribution in [-0.2, 0) is 14.8 Å². The summed E-state index contributed by atoms with van der Waals surface area (Å²) in [5, 5.41) is 6.30. The summed E-state index contributed by atoms with van der Waals surface area (Å²) in [4.78, 5) is 12.7. The van der Waals surface area contributed by atoms with Crippen molar-refractivity contribution >= 4 is 21.6 Å². The van der Waals surface area contributed by atoms with E-state index in [1.807, 2.05) is 37.3 Å². The lowest BCUT2D eigenvalue weighted by atomic mass is 9.97. The third kappa shape index (κ3) is 6.45. The Balaban J connectivity index is 1.40. The van der Waals surface area contributed by atoms with Crippen molar-refractivity contribution in [1.82, 2.24) is 9.62 Å². The smallest absolute Gasteiger partial charge is 0.243 e. The number of para-hydroxylation sites is 1. The molecule has 0 aliphatic carbocycles. The number of sulfonamides is 1. The highest BCUT2D eigenvalue weighted by atomic mass is 32.2. The van der Waals surface area contributed by atoms with Crippen LogP contribution >= 0.6 is 0 Å². The van der Waals surface area contributed by atoms with Crippen molar-refractivity contribution in [3.8, 4) is 5.75 Å². The van der Waals surface area contributed by atoms with E-state index in [9.17, 15) is 13.2 Å². The fourth-order valence-corrected chi connectivity index (χ4v) is 5.08.